The van der Waals surface area contributed by atoms with Crippen LogP contribution in [0.5, 0.6) is 0 Å². The standard InChI is InChI=1S/C23H21NO5S/c1-2-29-23(28)21-18(14-30-22(21)24-19(25)12-13-20(26)27)17-10-8-16(9-11-17)15-6-4-3-5-7-15/h3-11,14H,2,12-13H2,1H3,(H,24,25)(H,26,27)/p-1. The van der Waals surface area contributed by atoms with Crippen molar-refractivity contribution >= 4 is 34.2 Å². The molecule has 0 saturated carbocycles. The summed E-state index contributed by atoms with van der Waals surface area (Å²) in [7, 11) is 0. The van der Waals surface area contributed by atoms with Gasteiger partial charge in [-0.2, -0.15) is 0 Å². The number of esters is 1. The number of hydrogen-bond acceptors (Lipinski definition) is 6. The van der Waals surface area contributed by atoms with E-state index in [0.29, 0.717) is 10.6 Å². The number of amides is 1. The summed E-state index contributed by atoms with van der Waals surface area (Å²) in [6, 6.07) is 17.7. The third-order valence-corrected chi connectivity index (χ3v) is 5.28. The van der Waals surface area contributed by atoms with Crippen LogP contribution in [0.2, 0.25) is 0 Å². The molecule has 0 unspecified atom stereocenters. The van der Waals surface area contributed by atoms with E-state index in [1.165, 1.54) is 11.3 Å². The Morgan fingerprint density at radius 3 is 2.20 bits per heavy atom. The van der Waals surface area contributed by atoms with Crippen LogP contribution in [0, 0.1) is 0 Å². The van der Waals surface area contributed by atoms with Crippen LogP contribution in [0.3, 0.4) is 0 Å². The summed E-state index contributed by atoms with van der Waals surface area (Å²) in [5, 5.41) is 15.3. The van der Waals surface area contributed by atoms with Gasteiger partial charge in [0, 0.05) is 23.3 Å². The van der Waals surface area contributed by atoms with Gasteiger partial charge in [0.15, 0.2) is 0 Å². The fourth-order valence-corrected chi connectivity index (χ4v) is 3.92. The maximum Gasteiger partial charge on any atom is 0.341 e. The minimum absolute atomic E-state index is 0.194. The molecule has 2 aromatic carbocycles. The van der Waals surface area contributed by atoms with Gasteiger partial charge >= 0.3 is 5.97 Å². The number of carbonyl (C=O) groups is 3. The third kappa shape index (κ3) is 5.12. The maximum atomic E-state index is 12.6. The predicted octanol–water partition coefficient (Wildman–Crippen LogP) is 3.73. The number of benzene rings is 2. The van der Waals surface area contributed by atoms with Gasteiger partial charge in [0.1, 0.15) is 10.6 Å². The summed E-state index contributed by atoms with van der Waals surface area (Å²) in [5.41, 5.74) is 3.84. The Balaban J connectivity index is 1.90. The second kappa shape index (κ2) is 9.84. The smallest absolute Gasteiger partial charge is 0.341 e. The van der Waals surface area contributed by atoms with Crippen LogP contribution < -0.4 is 10.4 Å². The van der Waals surface area contributed by atoms with E-state index in [-0.39, 0.29) is 25.0 Å². The van der Waals surface area contributed by atoms with E-state index < -0.39 is 17.8 Å². The average Bonchev–Trinajstić information content (AvgIpc) is 3.16. The van der Waals surface area contributed by atoms with Gasteiger partial charge in [0.25, 0.3) is 0 Å². The predicted molar refractivity (Wildman–Crippen MR) is 114 cm³/mol. The first-order valence-electron chi connectivity index (χ1n) is 9.43. The molecule has 0 radical (unpaired) electrons. The molecular formula is C23H20NO5S-. The van der Waals surface area contributed by atoms with Crippen LogP contribution >= 0.6 is 11.3 Å². The van der Waals surface area contributed by atoms with E-state index in [1.807, 2.05) is 54.6 Å². The molecule has 30 heavy (non-hydrogen) atoms. The highest BCUT2D eigenvalue weighted by Gasteiger charge is 2.22. The van der Waals surface area contributed by atoms with E-state index in [4.69, 9.17) is 4.74 Å². The second-order valence-corrected chi connectivity index (χ2v) is 7.32. The molecule has 0 fully saturated rings. The Morgan fingerprint density at radius 1 is 0.933 bits per heavy atom. The first kappa shape index (κ1) is 21.3. The molecule has 7 heteroatoms. The summed E-state index contributed by atoms with van der Waals surface area (Å²) < 4.78 is 5.17. The molecule has 1 N–H and O–H groups in total. The lowest BCUT2D eigenvalue weighted by molar-refractivity contribution is -0.305. The van der Waals surface area contributed by atoms with Gasteiger partial charge in [-0.15, -0.1) is 11.3 Å². The minimum Gasteiger partial charge on any atom is -0.550 e. The Bertz CT molecular complexity index is 1040. The molecule has 0 bridgehead atoms. The van der Waals surface area contributed by atoms with Crippen molar-refractivity contribution in [1.82, 2.24) is 0 Å². The van der Waals surface area contributed by atoms with Crippen molar-refractivity contribution in [3.8, 4) is 22.3 Å². The van der Waals surface area contributed by atoms with Crippen LogP contribution in [-0.4, -0.2) is 24.5 Å². The van der Waals surface area contributed by atoms with Crippen molar-refractivity contribution in [3.63, 3.8) is 0 Å². The quantitative estimate of drug-likeness (QED) is 0.558. The fourth-order valence-electron chi connectivity index (χ4n) is 2.95. The Hall–Kier alpha value is -3.45. The zero-order chi connectivity index (χ0) is 21.5. The van der Waals surface area contributed by atoms with E-state index in [1.54, 1.807) is 12.3 Å². The second-order valence-electron chi connectivity index (χ2n) is 6.44. The Morgan fingerprint density at radius 2 is 1.57 bits per heavy atom. The molecule has 0 atom stereocenters. The highest BCUT2D eigenvalue weighted by molar-refractivity contribution is 7.15. The summed E-state index contributed by atoms with van der Waals surface area (Å²) in [5.74, 6) is -2.35. The van der Waals surface area contributed by atoms with Crippen LogP contribution in [0.4, 0.5) is 5.00 Å². The number of carbonyl (C=O) groups excluding carboxylic acids is 3. The van der Waals surface area contributed by atoms with Gasteiger partial charge in [0.05, 0.1) is 6.61 Å². The number of hydrogen-bond donors (Lipinski definition) is 1. The molecule has 0 aliphatic rings. The Labute approximate surface area is 178 Å². The minimum atomic E-state index is -1.30. The molecule has 1 amide bonds. The molecule has 154 valence electrons. The molecular weight excluding hydrogens is 402 g/mol. The van der Waals surface area contributed by atoms with Gasteiger partial charge in [-0.3, -0.25) is 4.79 Å². The van der Waals surface area contributed by atoms with Crippen molar-refractivity contribution in [3.05, 3.63) is 65.5 Å². The number of aliphatic carboxylic acids is 1. The van der Waals surface area contributed by atoms with Crippen LogP contribution in [0.1, 0.15) is 30.1 Å². The number of carboxylic acids is 1. The highest BCUT2D eigenvalue weighted by atomic mass is 32.1. The van der Waals surface area contributed by atoms with Crippen LogP contribution in [0.25, 0.3) is 22.3 Å². The zero-order valence-corrected chi connectivity index (χ0v) is 17.2. The van der Waals surface area contributed by atoms with Gasteiger partial charge in [-0.05, 0) is 30.0 Å². The van der Waals surface area contributed by atoms with Gasteiger partial charge in [-0.25, -0.2) is 4.79 Å². The Kier molecular flexibility index (Phi) is 6.98. The normalized spacial score (nSPS) is 10.4. The van der Waals surface area contributed by atoms with E-state index in [2.05, 4.69) is 5.32 Å². The summed E-state index contributed by atoms with van der Waals surface area (Å²) in [4.78, 5) is 35.2. The third-order valence-electron chi connectivity index (χ3n) is 4.38. The monoisotopic (exact) mass is 422 g/mol. The summed E-state index contributed by atoms with van der Waals surface area (Å²) in [6.07, 6.45) is -0.622. The van der Waals surface area contributed by atoms with Crippen molar-refractivity contribution in [1.29, 1.82) is 0 Å². The number of thiophene rings is 1. The first-order valence-corrected chi connectivity index (χ1v) is 10.3. The molecule has 0 aliphatic heterocycles. The van der Waals surface area contributed by atoms with Gasteiger partial charge in [0.2, 0.25) is 5.91 Å². The molecule has 1 heterocycles. The summed E-state index contributed by atoms with van der Waals surface area (Å²) in [6.45, 7) is 1.90. The molecule has 0 spiro atoms. The van der Waals surface area contributed by atoms with E-state index >= 15 is 0 Å². The summed E-state index contributed by atoms with van der Waals surface area (Å²) >= 11 is 1.19. The van der Waals surface area contributed by atoms with Crippen LogP contribution in [-0.2, 0) is 14.3 Å². The van der Waals surface area contributed by atoms with Crippen LogP contribution in [0.15, 0.2) is 60.0 Å². The fraction of sp³-hybridized carbons (Fsp3) is 0.174. The van der Waals surface area contributed by atoms with Gasteiger partial charge in [-0.1, -0.05) is 54.6 Å². The maximum absolute atomic E-state index is 12.6. The molecule has 0 saturated heterocycles. The SMILES string of the molecule is CCOC(=O)c1c(-c2ccc(-c3ccccc3)cc2)csc1NC(=O)CCC(=O)[O-]. The molecule has 1 aromatic heterocycles. The lowest BCUT2D eigenvalue weighted by atomic mass is 9.99. The molecule has 0 aliphatic carbocycles. The largest absolute Gasteiger partial charge is 0.550 e. The lowest BCUT2D eigenvalue weighted by Gasteiger charge is -2.10. The number of anilines is 1. The average molecular weight is 422 g/mol. The van der Waals surface area contributed by atoms with E-state index in [9.17, 15) is 19.5 Å². The number of rotatable bonds is 8. The topological polar surface area (TPSA) is 95.5 Å². The van der Waals surface area contributed by atoms with Gasteiger partial charge < -0.3 is 20.0 Å². The number of ether oxygens (including phenoxy) is 1. The first-order chi connectivity index (χ1) is 14.5. The zero-order valence-electron chi connectivity index (χ0n) is 16.3. The lowest BCUT2D eigenvalue weighted by Crippen LogP contribution is -2.24. The molecule has 6 nitrogen and oxygen atoms in total. The van der Waals surface area contributed by atoms with Crippen molar-refractivity contribution in [2.75, 3.05) is 11.9 Å². The molecule has 3 aromatic rings. The highest BCUT2D eigenvalue weighted by Crippen LogP contribution is 2.37. The number of carboxylic acid groups (broad SMARTS) is 1. The molecule has 3 rings (SSSR count). The van der Waals surface area contributed by atoms with Crippen molar-refractivity contribution in [2.24, 2.45) is 0 Å². The number of nitrogens with one attached hydrogen (secondary N) is 1. The van der Waals surface area contributed by atoms with Crippen molar-refractivity contribution < 1.29 is 24.2 Å². The van der Waals surface area contributed by atoms with Crippen molar-refractivity contribution in [2.45, 2.75) is 19.8 Å². The van der Waals surface area contributed by atoms with E-state index in [0.717, 1.165) is 16.7 Å².